The number of nitrogens with zero attached hydrogens (tertiary/aromatic N) is 1. The molecule has 12 rings (SSSR count). The predicted octanol–water partition coefficient (Wildman–Crippen LogP) is 14.8. The zero-order valence-corrected chi connectivity index (χ0v) is 33.3. The van der Waals surface area contributed by atoms with Gasteiger partial charge in [0, 0.05) is 34.1 Å². The third kappa shape index (κ3) is 4.67. The van der Waals surface area contributed by atoms with E-state index in [1.807, 2.05) is 0 Å². The molecule has 1 heteroatoms. The van der Waals surface area contributed by atoms with Crippen molar-refractivity contribution in [3.8, 4) is 33.4 Å². The van der Waals surface area contributed by atoms with Gasteiger partial charge in [-0.25, -0.2) is 0 Å². The second-order valence-electron chi connectivity index (χ2n) is 17.1. The normalized spacial score (nSPS) is 19.4. The highest BCUT2D eigenvalue weighted by Crippen LogP contribution is 2.64. The summed E-state index contributed by atoms with van der Waals surface area (Å²) in [5.74, 6) is 0.480. The number of fused-ring (bicyclic) bond motifs is 15. The second-order valence-corrected chi connectivity index (χ2v) is 17.1. The van der Waals surface area contributed by atoms with Gasteiger partial charge in [-0.05, 0) is 91.0 Å². The van der Waals surface area contributed by atoms with Crippen LogP contribution >= 0.6 is 0 Å². The van der Waals surface area contributed by atoms with Crippen LogP contribution in [0, 0.1) is 0 Å². The summed E-state index contributed by atoms with van der Waals surface area (Å²) in [4.78, 5) is 2.57. The van der Waals surface area contributed by atoms with Gasteiger partial charge >= 0.3 is 0 Å². The molecule has 2 atom stereocenters. The van der Waals surface area contributed by atoms with Crippen LogP contribution in [-0.4, -0.2) is 0 Å². The maximum Gasteiger partial charge on any atom is 0.0720 e. The monoisotopic (exact) mass is 753 g/mol. The Kier molecular flexibility index (Phi) is 7.38. The van der Waals surface area contributed by atoms with E-state index in [0.717, 1.165) is 11.4 Å². The van der Waals surface area contributed by atoms with Crippen molar-refractivity contribution < 1.29 is 0 Å². The summed E-state index contributed by atoms with van der Waals surface area (Å²) in [6, 6.07) is 71.0. The first-order chi connectivity index (χ1) is 29.1. The number of anilines is 3. The minimum absolute atomic E-state index is 0.144. The molecule has 0 saturated heterocycles. The number of rotatable bonds is 4. The fraction of sp³-hybridized carbons (Fsp3) is 0.103. The average molecular weight is 754 g/mol. The molecule has 4 aliphatic carbocycles. The molecule has 1 spiro atoms. The summed E-state index contributed by atoms with van der Waals surface area (Å²) in [6.07, 6.45) is 9.33. The van der Waals surface area contributed by atoms with Crippen molar-refractivity contribution >= 4 is 17.1 Å². The van der Waals surface area contributed by atoms with Crippen molar-refractivity contribution in [2.24, 2.45) is 0 Å². The van der Waals surface area contributed by atoms with Gasteiger partial charge in [0.05, 0.1) is 16.8 Å². The van der Waals surface area contributed by atoms with E-state index >= 15 is 0 Å². The highest BCUT2D eigenvalue weighted by atomic mass is 15.1. The zero-order valence-electron chi connectivity index (χ0n) is 33.3. The van der Waals surface area contributed by atoms with E-state index in [4.69, 9.17) is 0 Å². The first-order valence-corrected chi connectivity index (χ1v) is 21.0. The molecule has 0 amide bonds. The van der Waals surface area contributed by atoms with Crippen molar-refractivity contribution in [1.82, 2.24) is 0 Å². The summed E-state index contributed by atoms with van der Waals surface area (Å²) in [5.41, 5.74) is 21.4. The number of allylic oxidation sites excluding steroid dienone is 4. The van der Waals surface area contributed by atoms with Gasteiger partial charge in [0.25, 0.3) is 0 Å². The van der Waals surface area contributed by atoms with Crippen LogP contribution in [0.3, 0.4) is 0 Å². The molecule has 59 heavy (non-hydrogen) atoms. The Labute approximate surface area is 347 Å². The molecule has 8 aromatic rings. The number of hydrogen-bond donors (Lipinski definition) is 0. The molecule has 0 radical (unpaired) electrons. The van der Waals surface area contributed by atoms with Gasteiger partial charge in [-0.3, -0.25) is 0 Å². The number of para-hydroxylation sites is 1. The molecule has 8 aromatic carbocycles. The summed E-state index contributed by atoms with van der Waals surface area (Å²) >= 11 is 0. The number of benzene rings is 8. The lowest BCUT2D eigenvalue weighted by Crippen LogP contribution is -2.30. The quantitative estimate of drug-likeness (QED) is 0.173. The molecule has 4 aliphatic rings. The highest BCUT2D eigenvalue weighted by molar-refractivity contribution is 6.00. The predicted molar refractivity (Wildman–Crippen MR) is 245 cm³/mol. The molecule has 2 unspecified atom stereocenters. The Bertz CT molecular complexity index is 2990. The summed E-state index contributed by atoms with van der Waals surface area (Å²) in [6.45, 7) is 4.76. The molecular weight excluding hydrogens is 711 g/mol. The van der Waals surface area contributed by atoms with Gasteiger partial charge in [0.1, 0.15) is 0 Å². The van der Waals surface area contributed by atoms with Gasteiger partial charge in [-0.2, -0.15) is 0 Å². The summed E-state index contributed by atoms with van der Waals surface area (Å²) in [5, 5.41) is 0. The van der Waals surface area contributed by atoms with E-state index in [2.05, 4.69) is 231 Å². The smallest absolute Gasteiger partial charge is 0.0720 e. The minimum Gasteiger partial charge on any atom is -0.309 e. The van der Waals surface area contributed by atoms with Crippen LogP contribution in [0.1, 0.15) is 70.2 Å². The topological polar surface area (TPSA) is 3.24 Å². The molecule has 0 saturated carbocycles. The Hall–Kier alpha value is -6.96. The van der Waals surface area contributed by atoms with Gasteiger partial charge < -0.3 is 4.90 Å². The van der Waals surface area contributed by atoms with Crippen LogP contribution < -0.4 is 4.90 Å². The zero-order chi connectivity index (χ0) is 39.3. The van der Waals surface area contributed by atoms with Gasteiger partial charge in [-0.15, -0.1) is 0 Å². The largest absolute Gasteiger partial charge is 0.309 e. The van der Waals surface area contributed by atoms with Crippen LogP contribution in [0.4, 0.5) is 17.1 Å². The highest BCUT2D eigenvalue weighted by Gasteiger charge is 2.52. The van der Waals surface area contributed by atoms with E-state index < -0.39 is 5.41 Å². The number of hydrogen-bond acceptors (Lipinski definition) is 1. The van der Waals surface area contributed by atoms with Crippen LogP contribution in [0.5, 0.6) is 0 Å². The van der Waals surface area contributed by atoms with E-state index in [-0.39, 0.29) is 17.3 Å². The minimum atomic E-state index is -0.527. The van der Waals surface area contributed by atoms with Crippen molar-refractivity contribution in [3.63, 3.8) is 0 Å². The van der Waals surface area contributed by atoms with Crippen molar-refractivity contribution in [3.05, 3.63) is 257 Å². The molecule has 0 N–H and O–H groups in total. The maximum atomic E-state index is 2.57. The molecule has 0 aliphatic heterocycles. The molecule has 0 aromatic heterocycles. The lowest BCUT2D eigenvalue weighted by atomic mass is 9.66. The Morgan fingerprint density at radius 1 is 0.390 bits per heavy atom. The van der Waals surface area contributed by atoms with Gasteiger partial charge in [0.2, 0.25) is 0 Å². The van der Waals surface area contributed by atoms with Gasteiger partial charge in [-0.1, -0.05) is 202 Å². The first-order valence-electron chi connectivity index (χ1n) is 21.0. The van der Waals surface area contributed by atoms with E-state index in [0.29, 0.717) is 0 Å². The lowest BCUT2D eigenvalue weighted by Gasteiger charge is -2.36. The van der Waals surface area contributed by atoms with E-state index in [1.165, 1.54) is 83.6 Å². The first kappa shape index (κ1) is 34.1. The summed E-state index contributed by atoms with van der Waals surface area (Å²) < 4.78 is 0. The van der Waals surface area contributed by atoms with Crippen molar-refractivity contribution in [2.75, 3.05) is 4.90 Å². The van der Waals surface area contributed by atoms with Crippen molar-refractivity contribution in [2.45, 2.75) is 36.5 Å². The SMILES string of the molecule is CC1(C)c2ccccc2-c2ccc(N(c3ccccc3-c3ccccc3)c3cccc4c3-c3ccccc3C43c4ccccc4C4C=CC=CC4c4ccccc43)cc21. The lowest BCUT2D eigenvalue weighted by molar-refractivity contribution is 0.660. The fourth-order valence-electron chi connectivity index (χ4n) is 11.5. The van der Waals surface area contributed by atoms with Crippen LogP contribution in [0.15, 0.2) is 212 Å². The Balaban J connectivity index is 1.19. The Morgan fingerprint density at radius 2 is 0.915 bits per heavy atom. The average Bonchev–Trinajstić information content (AvgIpc) is 3.68. The Morgan fingerprint density at radius 3 is 1.63 bits per heavy atom. The molecule has 0 bridgehead atoms. The maximum absolute atomic E-state index is 2.57. The molecular formula is C58H43N. The third-order valence-corrected chi connectivity index (χ3v) is 13.9. The van der Waals surface area contributed by atoms with Crippen LogP contribution in [0.2, 0.25) is 0 Å². The van der Waals surface area contributed by atoms with E-state index in [1.54, 1.807) is 0 Å². The fourth-order valence-corrected chi connectivity index (χ4v) is 11.5. The third-order valence-electron chi connectivity index (χ3n) is 13.9. The van der Waals surface area contributed by atoms with Crippen LogP contribution in [0.25, 0.3) is 33.4 Å². The molecule has 0 fully saturated rings. The molecule has 0 heterocycles. The van der Waals surface area contributed by atoms with E-state index in [9.17, 15) is 0 Å². The molecule has 1 nitrogen and oxygen atoms in total. The molecule has 280 valence electrons. The standard InChI is InChI=1S/C58H43N/c1-57(2)48-28-13-8-26-45(48)46-36-35-39(37-53(46)57)59(54-33-17-12-21-40(54)38-19-4-3-5-20-38)55-34-18-32-52-56(55)47-27-11-16-31-51(47)58(52)49-29-14-9-24-43(49)41-22-6-7-23-42(41)44-25-10-15-30-50(44)58/h3-37,41-42H,1-2H3. The summed E-state index contributed by atoms with van der Waals surface area (Å²) in [7, 11) is 0. The van der Waals surface area contributed by atoms with Crippen LogP contribution in [-0.2, 0) is 10.8 Å². The van der Waals surface area contributed by atoms with Crippen molar-refractivity contribution in [1.29, 1.82) is 0 Å². The van der Waals surface area contributed by atoms with Gasteiger partial charge in [0.15, 0.2) is 0 Å². The second kappa shape index (κ2) is 12.8.